The van der Waals surface area contributed by atoms with Gasteiger partial charge in [-0.15, -0.1) is 11.8 Å². The van der Waals surface area contributed by atoms with Crippen LogP contribution in [0, 0.1) is 11.2 Å². The van der Waals surface area contributed by atoms with Crippen molar-refractivity contribution in [2.45, 2.75) is 38.0 Å². The Labute approximate surface area is 204 Å². The van der Waals surface area contributed by atoms with E-state index in [0.29, 0.717) is 23.6 Å². The summed E-state index contributed by atoms with van der Waals surface area (Å²) in [5.41, 5.74) is -0.289. The maximum atomic E-state index is 14.5. The Kier molecular flexibility index (Phi) is 8.36. The average molecular weight is 538 g/mol. The number of thioether (sulfide) groups is 1. The van der Waals surface area contributed by atoms with Crippen molar-refractivity contribution in [3.8, 4) is 11.4 Å². The first kappa shape index (κ1) is 25.0. The summed E-state index contributed by atoms with van der Waals surface area (Å²) in [7, 11) is 0. The molecule has 1 aromatic heterocycles. The second-order valence-corrected chi connectivity index (χ2v) is 9.76. The van der Waals surface area contributed by atoms with Crippen molar-refractivity contribution in [2.24, 2.45) is 5.41 Å². The molecule has 0 aliphatic heterocycles. The zero-order valence-electron chi connectivity index (χ0n) is 18.6. The average Bonchev–Trinajstić information content (AvgIpc) is 3.14. The Bertz CT molecular complexity index is 1160. The highest BCUT2D eigenvalue weighted by molar-refractivity contribution is 9.10. The number of nitrogens with zero attached hydrogens (tertiary/aromatic N) is 3. The molecule has 0 saturated heterocycles. The molecule has 0 aliphatic rings. The fourth-order valence-corrected chi connectivity index (χ4v) is 3.94. The minimum absolute atomic E-state index is 0.107. The van der Waals surface area contributed by atoms with Gasteiger partial charge in [-0.3, -0.25) is 4.79 Å². The number of ether oxygens (including phenoxy) is 2. The lowest BCUT2D eigenvalue weighted by Gasteiger charge is -2.22. The van der Waals surface area contributed by atoms with E-state index in [0.717, 1.165) is 4.47 Å². The molecule has 0 amide bonds. The van der Waals surface area contributed by atoms with Crippen LogP contribution in [-0.2, 0) is 15.4 Å². The molecule has 3 rings (SSSR count). The molecular formula is C23H25BrFN3O4S. The van der Waals surface area contributed by atoms with E-state index in [1.54, 1.807) is 26.8 Å². The lowest BCUT2D eigenvalue weighted by molar-refractivity contribution is -0.154. The van der Waals surface area contributed by atoms with Crippen LogP contribution in [0.15, 0.2) is 63.0 Å². The van der Waals surface area contributed by atoms with E-state index in [1.165, 1.54) is 39.5 Å². The van der Waals surface area contributed by atoms with Gasteiger partial charge in [0.25, 0.3) is 0 Å². The van der Waals surface area contributed by atoms with Crippen LogP contribution in [0.2, 0.25) is 0 Å². The monoisotopic (exact) mass is 537 g/mol. The van der Waals surface area contributed by atoms with E-state index < -0.39 is 11.2 Å². The van der Waals surface area contributed by atoms with Crippen molar-refractivity contribution in [3.63, 3.8) is 0 Å². The van der Waals surface area contributed by atoms with Crippen molar-refractivity contribution in [2.75, 3.05) is 13.2 Å². The van der Waals surface area contributed by atoms with Gasteiger partial charge in [-0.2, -0.15) is 5.10 Å². The first-order valence-corrected chi connectivity index (χ1v) is 12.1. The first-order valence-electron chi connectivity index (χ1n) is 10.3. The summed E-state index contributed by atoms with van der Waals surface area (Å²) in [6.45, 7) is 5.78. The highest BCUT2D eigenvalue weighted by Crippen LogP contribution is 2.27. The van der Waals surface area contributed by atoms with Crippen LogP contribution < -0.4 is 10.4 Å². The van der Waals surface area contributed by atoms with Gasteiger partial charge in [-0.05, 0) is 69.7 Å². The first-order chi connectivity index (χ1) is 15.7. The highest BCUT2D eigenvalue weighted by Gasteiger charge is 2.29. The fraction of sp³-hybridized carbons (Fsp3) is 0.348. The summed E-state index contributed by atoms with van der Waals surface area (Å²) in [5, 5.41) is 4.14. The molecule has 0 bridgehead atoms. The summed E-state index contributed by atoms with van der Waals surface area (Å²) in [6.07, 6.45) is 1.85. The lowest BCUT2D eigenvalue weighted by Crippen LogP contribution is -2.28. The van der Waals surface area contributed by atoms with Crippen LogP contribution >= 0.6 is 27.7 Å². The SMILES string of the molecule is CCOC(=O)C(C)(C)CCOc1ccc(SCn2ncn(-c3ccc(Br)cc3)c2=O)cc1F. The number of aromatic nitrogens is 3. The second-order valence-electron chi connectivity index (χ2n) is 7.83. The number of benzene rings is 2. The van der Waals surface area contributed by atoms with Crippen LogP contribution in [0.5, 0.6) is 5.75 Å². The predicted molar refractivity (Wildman–Crippen MR) is 128 cm³/mol. The topological polar surface area (TPSA) is 75.3 Å². The molecule has 7 nitrogen and oxygen atoms in total. The number of halogens is 2. The normalized spacial score (nSPS) is 11.4. The number of hydrogen-bond donors (Lipinski definition) is 0. The van der Waals surface area contributed by atoms with Gasteiger partial charge < -0.3 is 9.47 Å². The molecule has 0 atom stereocenters. The number of hydrogen-bond acceptors (Lipinski definition) is 6. The van der Waals surface area contributed by atoms with Gasteiger partial charge >= 0.3 is 11.7 Å². The molecule has 10 heteroatoms. The zero-order chi connectivity index (χ0) is 24.0. The molecule has 2 aromatic carbocycles. The number of carbonyl (C=O) groups excluding carboxylic acids is 1. The van der Waals surface area contributed by atoms with Gasteiger partial charge in [0.1, 0.15) is 6.33 Å². The largest absolute Gasteiger partial charge is 0.490 e. The van der Waals surface area contributed by atoms with E-state index in [4.69, 9.17) is 9.47 Å². The molecule has 3 aromatic rings. The predicted octanol–water partition coefficient (Wildman–Crippen LogP) is 5.04. The molecule has 33 heavy (non-hydrogen) atoms. The molecule has 0 spiro atoms. The zero-order valence-corrected chi connectivity index (χ0v) is 21.0. The minimum atomic E-state index is -0.713. The molecule has 0 N–H and O–H groups in total. The Morgan fingerprint density at radius 2 is 1.94 bits per heavy atom. The molecule has 176 valence electrons. The molecule has 0 radical (unpaired) electrons. The van der Waals surface area contributed by atoms with Crippen molar-refractivity contribution in [1.82, 2.24) is 14.3 Å². The van der Waals surface area contributed by atoms with E-state index in [9.17, 15) is 14.0 Å². The van der Waals surface area contributed by atoms with Gasteiger partial charge in [-0.1, -0.05) is 15.9 Å². The van der Waals surface area contributed by atoms with Crippen molar-refractivity contribution >= 4 is 33.7 Å². The summed E-state index contributed by atoms with van der Waals surface area (Å²) >= 11 is 4.65. The molecular weight excluding hydrogens is 513 g/mol. The maximum absolute atomic E-state index is 14.5. The standard InChI is InChI=1S/C23H25BrFN3O4S/c1-4-31-21(29)23(2,3)11-12-32-20-10-9-18(13-19(20)25)33-15-28-22(30)27(14-26-28)17-7-5-16(24)6-8-17/h5-10,13-14H,4,11-12,15H2,1-3H3. The Hall–Kier alpha value is -2.59. The van der Waals surface area contributed by atoms with E-state index in [2.05, 4.69) is 21.0 Å². The fourth-order valence-electron chi connectivity index (χ4n) is 2.87. The molecule has 0 fully saturated rings. The maximum Gasteiger partial charge on any atom is 0.351 e. The van der Waals surface area contributed by atoms with Gasteiger partial charge in [0.2, 0.25) is 0 Å². The van der Waals surface area contributed by atoms with Crippen LogP contribution in [0.4, 0.5) is 4.39 Å². The van der Waals surface area contributed by atoms with Gasteiger partial charge in [0.15, 0.2) is 11.6 Å². The highest BCUT2D eigenvalue weighted by atomic mass is 79.9. The summed E-state index contributed by atoms with van der Waals surface area (Å²) < 4.78 is 28.7. The summed E-state index contributed by atoms with van der Waals surface area (Å²) in [6, 6.07) is 11.9. The van der Waals surface area contributed by atoms with Gasteiger partial charge in [0, 0.05) is 9.37 Å². The lowest BCUT2D eigenvalue weighted by atomic mass is 9.90. The Morgan fingerprint density at radius 1 is 1.21 bits per heavy atom. The smallest absolute Gasteiger partial charge is 0.351 e. The van der Waals surface area contributed by atoms with Crippen molar-refractivity contribution < 1.29 is 18.7 Å². The van der Waals surface area contributed by atoms with E-state index >= 15 is 0 Å². The van der Waals surface area contributed by atoms with Crippen molar-refractivity contribution in [3.05, 3.63) is 69.6 Å². The van der Waals surface area contributed by atoms with Gasteiger partial charge in [0.05, 0.1) is 30.2 Å². The van der Waals surface area contributed by atoms with Crippen LogP contribution in [0.3, 0.4) is 0 Å². The summed E-state index contributed by atoms with van der Waals surface area (Å²) in [5.74, 6) is -0.480. The van der Waals surface area contributed by atoms with E-state index in [1.807, 2.05) is 24.3 Å². The van der Waals surface area contributed by atoms with Crippen molar-refractivity contribution in [1.29, 1.82) is 0 Å². The second kappa shape index (κ2) is 11.0. The van der Waals surface area contributed by atoms with Crippen LogP contribution in [0.25, 0.3) is 5.69 Å². The number of esters is 1. The number of rotatable bonds is 10. The quantitative estimate of drug-likeness (QED) is 0.266. The third kappa shape index (κ3) is 6.48. The molecule has 1 heterocycles. The molecule has 0 aliphatic carbocycles. The Morgan fingerprint density at radius 3 is 2.61 bits per heavy atom. The third-order valence-electron chi connectivity index (χ3n) is 4.91. The third-order valence-corrected chi connectivity index (χ3v) is 6.40. The number of carbonyl (C=O) groups is 1. The van der Waals surface area contributed by atoms with E-state index in [-0.39, 0.29) is 29.9 Å². The Balaban J connectivity index is 1.57. The van der Waals surface area contributed by atoms with Crippen LogP contribution in [0.1, 0.15) is 27.2 Å². The summed E-state index contributed by atoms with van der Waals surface area (Å²) in [4.78, 5) is 25.2. The molecule has 0 unspecified atom stereocenters. The van der Waals surface area contributed by atoms with Gasteiger partial charge in [-0.25, -0.2) is 18.4 Å². The van der Waals surface area contributed by atoms with Crippen LogP contribution in [-0.4, -0.2) is 33.5 Å². The minimum Gasteiger partial charge on any atom is -0.490 e. The molecule has 0 saturated carbocycles.